The SMILES string of the molecule is CC/C=C/C=C/C=C\C=C/CCCCCC(=O)OC(CCCC/C=C/C/C=C/C/C=C/CC)CC(=O)NC(CO)C(O)CCCCCCCCCCCCCCCC. The zero-order valence-corrected chi connectivity index (χ0v) is 37.6. The van der Waals surface area contributed by atoms with Gasteiger partial charge in [-0.25, -0.2) is 0 Å². The van der Waals surface area contributed by atoms with Gasteiger partial charge >= 0.3 is 5.97 Å². The smallest absolute Gasteiger partial charge is 0.306 e. The second kappa shape index (κ2) is 45.1. The number of ether oxygens (including phenoxy) is 1. The zero-order valence-electron chi connectivity index (χ0n) is 37.6. The number of amides is 1. The summed E-state index contributed by atoms with van der Waals surface area (Å²) in [4.78, 5) is 26.0. The molecule has 0 rings (SSSR count). The number of hydrogen-bond donors (Lipinski definition) is 3. The van der Waals surface area contributed by atoms with Crippen molar-refractivity contribution < 1.29 is 24.5 Å². The molecule has 0 aromatic rings. The van der Waals surface area contributed by atoms with Gasteiger partial charge in [-0.3, -0.25) is 9.59 Å². The minimum atomic E-state index is -0.808. The first-order valence-electron chi connectivity index (χ1n) is 23.9. The average molecular weight is 808 g/mol. The first kappa shape index (κ1) is 55.0. The molecule has 0 spiro atoms. The number of esters is 1. The van der Waals surface area contributed by atoms with Crippen LogP contribution < -0.4 is 5.32 Å². The molecular formula is C52H89NO5. The van der Waals surface area contributed by atoms with Crippen LogP contribution in [0.5, 0.6) is 0 Å². The van der Waals surface area contributed by atoms with E-state index in [1.54, 1.807) is 0 Å². The molecule has 0 radical (unpaired) electrons. The molecule has 332 valence electrons. The van der Waals surface area contributed by atoms with Crippen LogP contribution in [-0.4, -0.2) is 46.9 Å². The third kappa shape index (κ3) is 39.8. The van der Waals surface area contributed by atoms with Gasteiger partial charge in [-0.2, -0.15) is 0 Å². The fourth-order valence-corrected chi connectivity index (χ4v) is 6.75. The maximum atomic E-state index is 13.2. The van der Waals surface area contributed by atoms with Gasteiger partial charge in [0.05, 0.1) is 25.2 Å². The highest BCUT2D eigenvalue weighted by Gasteiger charge is 2.24. The fraction of sp³-hybridized carbons (Fsp3) is 0.692. The van der Waals surface area contributed by atoms with E-state index < -0.39 is 18.2 Å². The molecule has 0 saturated heterocycles. The van der Waals surface area contributed by atoms with Gasteiger partial charge in [0.25, 0.3) is 0 Å². The Morgan fingerprint density at radius 2 is 1.02 bits per heavy atom. The number of hydrogen-bond acceptors (Lipinski definition) is 5. The summed E-state index contributed by atoms with van der Waals surface area (Å²) in [5.74, 6) is -0.566. The van der Waals surface area contributed by atoms with Crippen molar-refractivity contribution in [3.05, 3.63) is 85.1 Å². The summed E-state index contributed by atoms with van der Waals surface area (Å²) in [7, 11) is 0. The second-order valence-electron chi connectivity index (χ2n) is 15.8. The molecule has 0 saturated carbocycles. The molecule has 0 aliphatic rings. The largest absolute Gasteiger partial charge is 0.462 e. The lowest BCUT2D eigenvalue weighted by atomic mass is 10.0. The van der Waals surface area contributed by atoms with Crippen molar-refractivity contribution in [2.45, 2.75) is 225 Å². The topological polar surface area (TPSA) is 95.9 Å². The molecule has 0 heterocycles. The molecule has 58 heavy (non-hydrogen) atoms. The number of aliphatic hydroxyl groups excluding tert-OH is 2. The maximum Gasteiger partial charge on any atom is 0.306 e. The van der Waals surface area contributed by atoms with Crippen LogP contribution in [0.1, 0.15) is 207 Å². The lowest BCUT2D eigenvalue weighted by Crippen LogP contribution is -2.46. The number of aliphatic hydroxyl groups is 2. The van der Waals surface area contributed by atoms with E-state index >= 15 is 0 Å². The van der Waals surface area contributed by atoms with Gasteiger partial charge in [-0.05, 0) is 77.0 Å². The van der Waals surface area contributed by atoms with Gasteiger partial charge < -0.3 is 20.3 Å². The molecule has 0 aliphatic heterocycles. The third-order valence-electron chi connectivity index (χ3n) is 10.3. The standard InChI is InChI=1S/C52H89NO5/c1-4-7-10-13-16-19-22-25-27-29-32-35-38-41-44-50(55)49(47-54)53-51(56)46-48(43-40-37-34-31-28-24-21-18-15-12-9-6-3)58-52(57)45-42-39-36-33-30-26-23-20-17-14-11-8-5-2/h8-9,11-12,14,17-18,20-21,23,26,28,30-31,48-50,54-55H,4-7,10,13,15-16,19,22,24-25,27,29,32-47H2,1-3H3,(H,53,56)/b11-8+,12-9+,17-14+,21-18+,23-20-,30-26-,31-28+. The van der Waals surface area contributed by atoms with E-state index in [9.17, 15) is 19.8 Å². The van der Waals surface area contributed by atoms with Gasteiger partial charge in [0, 0.05) is 6.42 Å². The summed E-state index contributed by atoms with van der Waals surface area (Å²) >= 11 is 0. The molecule has 1 amide bonds. The first-order chi connectivity index (χ1) is 28.5. The maximum absolute atomic E-state index is 13.2. The predicted molar refractivity (Wildman–Crippen MR) is 250 cm³/mol. The van der Waals surface area contributed by atoms with Crippen LogP contribution in [0.4, 0.5) is 0 Å². The van der Waals surface area contributed by atoms with Crippen molar-refractivity contribution in [1.82, 2.24) is 5.32 Å². The summed E-state index contributed by atoms with van der Waals surface area (Å²) in [5.41, 5.74) is 0. The van der Waals surface area contributed by atoms with Crippen molar-refractivity contribution in [3.8, 4) is 0 Å². The molecule has 0 aliphatic carbocycles. The van der Waals surface area contributed by atoms with Gasteiger partial charge in [0.1, 0.15) is 6.10 Å². The van der Waals surface area contributed by atoms with Gasteiger partial charge in [0.15, 0.2) is 0 Å². The van der Waals surface area contributed by atoms with E-state index in [1.165, 1.54) is 70.6 Å². The Labute approximate surface area is 357 Å². The van der Waals surface area contributed by atoms with Gasteiger partial charge in [-0.1, -0.05) is 202 Å². The highest BCUT2D eigenvalue weighted by Crippen LogP contribution is 2.17. The van der Waals surface area contributed by atoms with Crippen molar-refractivity contribution in [2.75, 3.05) is 6.61 Å². The highest BCUT2D eigenvalue weighted by atomic mass is 16.5. The molecule has 3 atom stereocenters. The minimum absolute atomic E-state index is 0.0311. The van der Waals surface area contributed by atoms with Crippen LogP contribution in [0, 0.1) is 0 Å². The van der Waals surface area contributed by atoms with Crippen molar-refractivity contribution in [1.29, 1.82) is 0 Å². The minimum Gasteiger partial charge on any atom is -0.462 e. The van der Waals surface area contributed by atoms with Crippen molar-refractivity contribution in [3.63, 3.8) is 0 Å². The molecule has 6 nitrogen and oxygen atoms in total. The van der Waals surface area contributed by atoms with Crippen molar-refractivity contribution in [2.24, 2.45) is 0 Å². The number of carbonyl (C=O) groups excluding carboxylic acids is 2. The number of carbonyl (C=O) groups is 2. The Morgan fingerprint density at radius 1 is 0.534 bits per heavy atom. The summed E-state index contributed by atoms with van der Waals surface area (Å²) in [5, 5.41) is 23.7. The fourth-order valence-electron chi connectivity index (χ4n) is 6.75. The second-order valence-corrected chi connectivity index (χ2v) is 15.8. The predicted octanol–water partition coefficient (Wildman–Crippen LogP) is 14.0. The number of allylic oxidation sites excluding steroid dienone is 14. The van der Waals surface area contributed by atoms with E-state index in [0.717, 1.165) is 89.9 Å². The Hall–Kier alpha value is -2.96. The number of unbranched alkanes of at least 4 members (excludes halogenated alkanes) is 18. The lowest BCUT2D eigenvalue weighted by Gasteiger charge is -2.24. The van der Waals surface area contributed by atoms with Crippen LogP contribution in [0.15, 0.2) is 85.1 Å². The normalized spacial score (nSPS) is 14.1. The van der Waals surface area contributed by atoms with Crippen LogP contribution in [0.2, 0.25) is 0 Å². The van der Waals surface area contributed by atoms with Crippen LogP contribution in [0.25, 0.3) is 0 Å². The Kier molecular flexibility index (Phi) is 42.8. The Balaban J connectivity index is 4.68. The number of rotatable bonds is 41. The van der Waals surface area contributed by atoms with E-state index in [4.69, 9.17) is 4.74 Å². The van der Waals surface area contributed by atoms with E-state index in [0.29, 0.717) is 19.3 Å². The molecule has 6 heteroatoms. The Bertz CT molecular complexity index is 1130. The lowest BCUT2D eigenvalue weighted by molar-refractivity contribution is -0.151. The molecule has 0 bridgehead atoms. The molecule has 3 N–H and O–H groups in total. The van der Waals surface area contributed by atoms with Gasteiger partial charge in [-0.15, -0.1) is 0 Å². The van der Waals surface area contributed by atoms with E-state index in [2.05, 4.69) is 80.8 Å². The third-order valence-corrected chi connectivity index (χ3v) is 10.3. The van der Waals surface area contributed by atoms with Gasteiger partial charge in [0.2, 0.25) is 5.91 Å². The highest BCUT2D eigenvalue weighted by molar-refractivity contribution is 5.77. The van der Waals surface area contributed by atoms with E-state index in [-0.39, 0.29) is 24.9 Å². The molecule has 0 aromatic carbocycles. The summed E-state index contributed by atoms with van der Waals surface area (Å²) in [6.07, 6.45) is 57.9. The summed E-state index contributed by atoms with van der Waals surface area (Å²) in [6.45, 7) is 6.19. The summed E-state index contributed by atoms with van der Waals surface area (Å²) in [6, 6.07) is -0.725. The van der Waals surface area contributed by atoms with Crippen LogP contribution in [-0.2, 0) is 14.3 Å². The zero-order chi connectivity index (χ0) is 42.4. The summed E-state index contributed by atoms with van der Waals surface area (Å²) < 4.78 is 5.87. The first-order valence-corrected chi connectivity index (χ1v) is 23.9. The Morgan fingerprint density at radius 3 is 1.62 bits per heavy atom. The quantitative estimate of drug-likeness (QED) is 0.0247. The van der Waals surface area contributed by atoms with E-state index in [1.807, 2.05) is 30.4 Å². The molecule has 3 unspecified atom stereocenters. The monoisotopic (exact) mass is 808 g/mol. The van der Waals surface area contributed by atoms with Crippen LogP contribution >= 0.6 is 0 Å². The molecule has 0 fully saturated rings. The molecule has 0 aromatic heterocycles. The molecular weight excluding hydrogens is 719 g/mol. The average Bonchev–Trinajstić information content (AvgIpc) is 3.22. The van der Waals surface area contributed by atoms with Crippen LogP contribution in [0.3, 0.4) is 0 Å². The van der Waals surface area contributed by atoms with Crippen molar-refractivity contribution >= 4 is 11.9 Å². The number of nitrogens with one attached hydrogen (secondary N) is 1.